The first kappa shape index (κ1) is 11.3. The number of hydrogen-bond donors (Lipinski definition) is 1. The molecule has 0 bridgehead atoms. The zero-order chi connectivity index (χ0) is 12.7. The Labute approximate surface area is 112 Å². The molecule has 5 heteroatoms. The van der Waals surface area contributed by atoms with Crippen molar-refractivity contribution in [3.63, 3.8) is 0 Å². The van der Waals surface area contributed by atoms with Crippen LogP contribution in [-0.2, 0) is 0 Å². The first-order chi connectivity index (χ1) is 8.66. The van der Waals surface area contributed by atoms with Crippen LogP contribution in [0.25, 0.3) is 0 Å². The van der Waals surface area contributed by atoms with Gasteiger partial charge in [-0.1, -0.05) is 18.2 Å². The molecule has 4 nitrogen and oxygen atoms in total. The first-order valence-corrected chi connectivity index (χ1v) is 6.28. The van der Waals surface area contributed by atoms with E-state index in [0.29, 0.717) is 6.61 Å². The van der Waals surface area contributed by atoms with Gasteiger partial charge in [0.05, 0.1) is 6.04 Å². The lowest BCUT2D eigenvalue weighted by molar-refractivity contribution is 0.0683. The maximum absolute atomic E-state index is 11.2. The van der Waals surface area contributed by atoms with Crippen molar-refractivity contribution < 1.29 is 14.6 Å². The average molecular weight is 308 g/mol. The van der Waals surface area contributed by atoms with E-state index >= 15 is 0 Å². The van der Waals surface area contributed by atoms with Crippen molar-refractivity contribution in [3.8, 4) is 5.75 Å². The quantitative estimate of drug-likeness (QED) is 0.928. The Morgan fingerprint density at radius 3 is 3.00 bits per heavy atom. The molecule has 0 spiro atoms. The van der Waals surface area contributed by atoms with Crippen LogP contribution >= 0.6 is 15.9 Å². The number of nitrogens with zero attached hydrogens (tertiary/aromatic N) is 1. The van der Waals surface area contributed by atoms with Gasteiger partial charge in [0.2, 0.25) is 0 Å². The Morgan fingerprint density at radius 2 is 2.22 bits per heavy atom. The van der Waals surface area contributed by atoms with E-state index in [1.165, 1.54) is 0 Å². The van der Waals surface area contributed by atoms with Crippen molar-refractivity contribution in [2.24, 2.45) is 0 Å². The van der Waals surface area contributed by atoms with E-state index in [4.69, 9.17) is 4.74 Å². The fraction of sp³-hybridized carbons (Fsp3) is 0.154. The average Bonchev–Trinajstić information content (AvgIpc) is 2.92. The van der Waals surface area contributed by atoms with Gasteiger partial charge in [0.15, 0.2) is 0 Å². The highest BCUT2D eigenvalue weighted by molar-refractivity contribution is 9.10. The topological polar surface area (TPSA) is 51.5 Å². The molecule has 0 saturated heterocycles. The molecule has 1 N–H and O–H groups in total. The van der Waals surface area contributed by atoms with Gasteiger partial charge in [0, 0.05) is 16.2 Å². The number of hydrogen-bond acceptors (Lipinski definition) is 2. The number of ether oxygens (including phenoxy) is 1. The highest BCUT2D eigenvalue weighted by Gasteiger charge is 2.28. The standard InChI is InChI=1S/C13H10BrNO3/c14-8-5-10(13(16)17)15(6-8)11-7-18-12-4-2-1-3-9(11)12/h1-6,11H,7H2,(H,16,17). The lowest BCUT2D eigenvalue weighted by Crippen LogP contribution is -2.16. The van der Waals surface area contributed by atoms with Gasteiger partial charge in [0.1, 0.15) is 18.1 Å². The summed E-state index contributed by atoms with van der Waals surface area (Å²) in [5.41, 5.74) is 1.27. The molecule has 0 saturated carbocycles. The van der Waals surface area contributed by atoms with Gasteiger partial charge in [0.25, 0.3) is 0 Å². The van der Waals surface area contributed by atoms with Gasteiger partial charge in [-0.2, -0.15) is 0 Å². The largest absolute Gasteiger partial charge is 0.491 e. The number of carboxylic acids is 1. The van der Waals surface area contributed by atoms with Gasteiger partial charge in [-0.25, -0.2) is 4.79 Å². The minimum Gasteiger partial charge on any atom is -0.491 e. The van der Waals surface area contributed by atoms with E-state index in [-0.39, 0.29) is 11.7 Å². The molecule has 1 unspecified atom stereocenters. The normalized spacial score (nSPS) is 17.3. The summed E-state index contributed by atoms with van der Waals surface area (Å²) >= 11 is 3.31. The molecule has 2 aromatic rings. The summed E-state index contributed by atoms with van der Waals surface area (Å²) in [6, 6.07) is 9.22. The predicted octanol–water partition coefficient (Wildman–Crippen LogP) is 2.93. The molecule has 18 heavy (non-hydrogen) atoms. The van der Waals surface area contributed by atoms with Crippen LogP contribution in [0.4, 0.5) is 0 Å². The summed E-state index contributed by atoms with van der Waals surface area (Å²) < 4.78 is 8.07. The number of carboxylic acid groups (broad SMARTS) is 1. The smallest absolute Gasteiger partial charge is 0.352 e. The van der Waals surface area contributed by atoms with Crippen LogP contribution in [-0.4, -0.2) is 22.2 Å². The van der Waals surface area contributed by atoms with Crippen molar-refractivity contribution >= 4 is 21.9 Å². The summed E-state index contributed by atoms with van der Waals surface area (Å²) in [5.74, 6) is -0.117. The van der Waals surface area contributed by atoms with Crippen molar-refractivity contribution in [2.45, 2.75) is 6.04 Å². The fourth-order valence-electron chi connectivity index (χ4n) is 2.25. The number of benzene rings is 1. The second-order valence-electron chi connectivity index (χ2n) is 4.12. The van der Waals surface area contributed by atoms with E-state index in [1.54, 1.807) is 16.8 Å². The maximum atomic E-state index is 11.2. The molecule has 1 atom stereocenters. The molecular formula is C13H10BrNO3. The minimum absolute atomic E-state index is 0.0846. The van der Waals surface area contributed by atoms with E-state index in [1.807, 2.05) is 24.3 Å². The van der Waals surface area contributed by atoms with E-state index in [0.717, 1.165) is 15.8 Å². The molecule has 0 radical (unpaired) electrons. The number of halogens is 1. The molecular weight excluding hydrogens is 298 g/mol. The number of rotatable bonds is 2. The monoisotopic (exact) mass is 307 g/mol. The number of aromatic nitrogens is 1. The summed E-state index contributed by atoms with van der Waals surface area (Å²) in [7, 11) is 0. The molecule has 0 amide bonds. The van der Waals surface area contributed by atoms with Crippen LogP contribution in [0.1, 0.15) is 22.1 Å². The number of carbonyl (C=O) groups is 1. The van der Waals surface area contributed by atoms with E-state index in [2.05, 4.69) is 15.9 Å². The summed E-state index contributed by atoms with van der Waals surface area (Å²) in [6.07, 6.45) is 1.78. The summed E-state index contributed by atoms with van der Waals surface area (Å²) in [5, 5.41) is 9.20. The molecule has 1 aromatic carbocycles. The maximum Gasteiger partial charge on any atom is 0.352 e. The van der Waals surface area contributed by atoms with Crippen LogP contribution < -0.4 is 4.74 Å². The van der Waals surface area contributed by atoms with E-state index < -0.39 is 5.97 Å². The molecule has 0 aliphatic carbocycles. The molecule has 1 aliphatic rings. The van der Waals surface area contributed by atoms with Gasteiger partial charge >= 0.3 is 5.97 Å². The Morgan fingerprint density at radius 1 is 1.44 bits per heavy atom. The van der Waals surface area contributed by atoms with Gasteiger partial charge < -0.3 is 14.4 Å². The van der Waals surface area contributed by atoms with E-state index in [9.17, 15) is 9.90 Å². The second-order valence-corrected chi connectivity index (χ2v) is 5.04. The predicted molar refractivity (Wildman–Crippen MR) is 69.2 cm³/mol. The Bertz CT molecular complexity index is 620. The van der Waals surface area contributed by atoms with Crippen LogP contribution in [0.5, 0.6) is 5.75 Å². The third-order valence-corrected chi connectivity index (χ3v) is 3.48. The highest BCUT2D eigenvalue weighted by Crippen LogP contribution is 2.36. The van der Waals surface area contributed by atoms with Crippen molar-refractivity contribution in [3.05, 3.63) is 52.3 Å². The third-order valence-electron chi connectivity index (χ3n) is 3.04. The molecule has 0 fully saturated rings. The fourth-order valence-corrected chi connectivity index (χ4v) is 2.69. The van der Waals surface area contributed by atoms with Crippen LogP contribution in [0, 0.1) is 0 Å². The molecule has 1 aliphatic heterocycles. The van der Waals surface area contributed by atoms with Crippen molar-refractivity contribution in [1.29, 1.82) is 0 Å². The molecule has 2 heterocycles. The third kappa shape index (κ3) is 1.71. The molecule has 1 aromatic heterocycles. The Kier molecular flexibility index (Phi) is 2.63. The number of para-hydroxylation sites is 1. The minimum atomic E-state index is -0.940. The first-order valence-electron chi connectivity index (χ1n) is 5.49. The molecule has 92 valence electrons. The highest BCUT2D eigenvalue weighted by atomic mass is 79.9. The van der Waals surface area contributed by atoms with Gasteiger partial charge in [-0.05, 0) is 28.1 Å². The lowest BCUT2D eigenvalue weighted by atomic mass is 10.1. The Hall–Kier alpha value is -1.75. The van der Waals surface area contributed by atoms with Crippen LogP contribution in [0.2, 0.25) is 0 Å². The van der Waals surface area contributed by atoms with Crippen LogP contribution in [0.15, 0.2) is 41.0 Å². The lowest BCUT2D eigenvalue weighted by Gasteiger charge is -2.13. The zero-order valence-electron chi connectivity index (χ0n) is 9.34. The Balaban J connectivity index is 2.10. The summed E-state index contributed by atoms with van der Waals surface area (Å²) in [6.45, 7) is 0.459. The summed E-state index contributed by atoms with van der Waals surface area (Å²) in [4.78, 5) is 11.2. The van der Waals surface area contributed by atoms with Crippen LogP contribution in [0.3, 0.4) is 0 Å². The zero-order valence-corrected chi connectivity index (χ0v) is 10.9. The second kappa shape index (κ2) is 4.17. The number of fused-ring (bicyclic) bond motifs is 1. The SMILES string of the molecule is O=C(O)c1cc(Br)cn1C1COc2ccccc21. The van der Waals surface area contributed by atoms with Crippen molar-refractivity contribution in [2.75, 3.05) is 6.61 Å². The van der Waals surface area contributed by atoms with Gasteiger partial charge in [-0.15, -0.1) is 0 Å². The molecule has 3 rings (SSSR count). The van der Waals surface area contributed by atoms with Crippen molar-refractivity contribution in [1.82, 2.24) is 4.57 Å². The number of aromatic carboxylic acids is 1. The van der Waals surface area contributed by atoms with Gasteiger partial charge in [-0.3, -0.25) is 0 Å².